The molecule has 0 bridgehead atoms. The van der Waals surface area contributed by atoms with E-state index in [4.69, 9.17) is 27.5 Å². The van der Waals surface area contributed by atoms with E-state index >= 15 is 0 Å². The smallest absolute Gasteiger partial charge is 0.294 e. The Labute approximate surface area is 201 Å². The highest BCUT2D eigenvalue weighted by molar-refractivity contribution is 8.18. The molecule has 1 heterocycles. The Bertz CT molecular complexity index is 1310. The molecule has 4 rings (SSSR count). The third kappa shape index (κ3) is 4.85. The van der Waals surface area contributed by atoms with E-state index in [-0.39, 0.29) is 11.4 Å². The van der Waals surface area contributed by atoms with Crippen molar-refractivity contribution >= 4 is 51.4 Å². The zero-order valence-electron chi connectivity index (χ0n) is 17.8. The Morgan fingerprint density at radius 3 is 2.70 bits per heavy atom. The summed E-state index contributed by atoms with van der Waals surface area (Å²) in [7, 11) is 0. The van der Waals surface area contributed by atoms with Crippen LogP contribution in [-0.4, -0.2) is 29.2 Å². The van der Waals surface area contributed by atoms with E-state index in [0.717, 1.165) is 33.0 Å². The second-order valence-electron chi connectivity index (χ2n) is 7.16. The number of rotatable bonds is 7. The Balaban J connectivity index is 1.62. The summed E-state index contributed by atoms with van der Waals surface area (Å²) in [6.07, 6.45) is 6.85. The minimum Gasteiger partial charge on any atom is -0.490 e. The van der Waals surface area contributed by atoms with Crippen LogP contribution in [-0.2, 0) is 11.4 Å². The van der Waals surface area contributed by atoms with E-state index in [2.05, 4.69) is 24.1 Å². The predicted molar refractivity (Wildman–Crippen MR) is 132 cm³/mol. The van der Waals surface area contributed by atoms with Crippen LogP contribution in [0.5, 0.6) is 11.5 Å². The molecule has 7 heteroatoms. The van der Waals surface area contributed by atoms with Gasteiger partial charge in [0, 0.05) is 0 Å². The number of thioether (sulfide) groups is 1. The molecule has 166 valence electrons. The molecule has 1 fully saturated rings. The number of imide groups is 1. The zero-order valence-corrected chi connectivity index (χ0v) is 19.4. The molecule has 0 radical (unpaired) electrons. The van der Waals surface area contributed by atoms with Crippen molar-refractivity contribution in [3.63, 3.8) is 0 Å². The van der Waals surface area contributed by atoms with Crippen LogP contribution in [0.2, 0.25) is 5.02 Å². The summed E-state index contributed by atoms with van der Waals surface area (Å²) in [5, 5.41) is 2.18. The SMILES string of the molecule is C#CCN1C(=O)S/C(=C/c2cc(Cl)c(OCc3cccc4ccccc34)c(OCC)c2)C1=O. The van der Waals surface area contributed by atoms with Crippen LogP contribution >= 0.6 is 23.4 Å². The van der Waals surface area contributed by atoms with Crippen molar-refractivity contribution < 1.29 is 19.1 Å². The Morgan fingerprint density at radius 2 is 1.91 bits per heavy atom. The molecule has 33 heavy (non-hydrogen) atoms. The van der Waals surface area contributed by atoms with Gasteiger partial charge in [0.25, 0.3) is 11.1 Å². The third-order valence-corrected chi connectivity index (χ3v) is 6.19. The monoisotopic (exact) mass is 477 g/mol. The Hall–Kier alpha value is -3.40. The molecule has 1 aliphatic rings. The van der Waals surface area contributed by atoms with Gasteiger partial charge in [-0.2, -0.15) is 0 Å². The van der Waals surface area contributed by atoms with E-state index in [1.165, 1.54) is 0 Å². The van der Waals surface area contributed by atoms with E-state index in [0.29, 0.717) is 35.3 Å². The zero-order chi connectivity index (χ0) is 23.4. The normalized spacial score (nSPS) is 14.7. The second-order valence-corrected chi connectivity index (χ2v) is 8.56. The molecular weight excluding hydrogens is 458 g/mol. The van der Waals surface area contributed by atoms with Crippen LogP contribution < -0.4 is 9.47 Å². The lowest BCUT2D eigenvalue weighted by Gasteiger charge is -2.15. The van der Waals surface area contributed by atoms with Crippen LogP contribution in [0.1, 0.15) is 18.1 Å². The molecular formula is C26H20ClNO4S. The molecule has 0 unspecified atom stereocenters. The molecule has 5 nitrogen and oxygen atoms in total. The third-order valence-electron chi connectivity index (χ3n) is 5.00. The summed E-state index contributed by atoms with van der Waals surface area (Å²) in [4.78, 5) is 25.8. The van der Waals surface area contributed by atoms with Gasteiger partial charge in [0.15, 0.2) is 11.5 Å². The molecule has 2 amide bonds. The Kier molecular flexibility index (Phi) is 6.93. The number of halogens is 1. The first-order valence-electron chi connectivity index (χ1n) is 10.3. The number of ether oxygens (including phenoxy) is 2. The van der Waals surface area contributed by atoms with Crippen molar-refractivity contribution in [2.75, 3.05) is 13.2 Å². The predicted octanol–water partition coefficient (Wildman–Crippen LogP) is 6.14. The number of carbonyl (C=O) groups excluding carboxylic acids is 2. The number of hydrogen-bond donors (Lipinski definition) is 0. The maximum Gasteiger partial charge on any atom is 0.294 e. The van der Waals surface area contributed by atoms with Gasteiger partial charge >= 0.3 is 0 Å². The fraction of sp³-hybridized carbons (Fsp3) is 0.154. The van der Waals surface area contributed by atoms with Crippen LogP contribution in [0.15, 0.2) is 59.5 Å². The lowest BCUT2D eigenvalue weighted by Crippen LogP contribution is -2.28. The summed E-state index contributed by atoms with van der Waals surface area (Å²) in [5.41, 5.74) is 1.64. The van der Waals surface area contributed by atoms with Crippen molar-refractivity contribution in [3.8, 4) is 23.8 Å². The lowest BCUT2D eigenvalue weighted by atomic mass is 10.1. The van der Waals surface area contributed by atoms with Crippen LogP contribution in [0.4, 0.5) is 4.79 Å². The van der Waals surface area contributed by atoms with E-state index in [9.17, 15) is 9.59 Å². The molecule has 0 aliphatic carbocycles. The molecule has 0 N–H and O–H groups in total. The summed E-state index contributed by atoms with van der Waals surface area (Å²) in [6, 6.07) is 17.6. The largest absolute Gasteiger partial charge is 0.490 e. The number of nitrogens with zero attached hydrogens (tertiary/aromatic N) is 1. The van der Waals surface area contributed by atoms with Gasteiger partial charge in [-0.1, -0.05) is 60.0 Å². The van der Waals surface area contributed by atoms with Crippen molar-refractivity contribution in [1.82, 2.24) is 4.90 Å². The van der Waals surface area contributed by atoms with Crippen LogP contribution in [0.3, 0.4) is 0 Å². The highest BCUT2D eigenvalue weighted by Gasteiger charge is 2.34. The van der Waals surface area contributed by atoms with Crippen molar-refractivity contribution in [1.29, 1.82) is 0 Å². The van der Waals surface area contributed by atoms with Crippen LogP contribution in [0.25, 0.3) is 16.8 Å². The Morgan fingerprint density at radius 1 is 1.12 bits per heavy atom. The molecule has 0 saturated carbocycles. The lowest BCUT2D eigenvalue weighted by molar-refractivity contribution is -0.122. The van der Waals surface area contributed by atoms with Crippen molar-refractivity contribution in [2.45, 2.75) is 13.5 Å². The molecule has 0 aromatic heterocycles. The van der Waals surface area contributed by atoms with Gasteiger partial charge in [0.05, 0.1) is 23.1 Å². The van der Waals surface area contributed by atoms with Gasteiger partial charge in [0.2, 0.25) is 0 Å². The summed E-state index contributed by atoms with van der Waals surface area (Å²) in [5.74, 6) is 2.78. The molecule has 3 aromatic carbocycles. The average Bonchev–Trinajstić information content (AvgIpc) is 3.06. The minimum atomic E-state index is -0.423. The number of fused-ring (bicyclic) bond motifs is 1. The fourth-order valence-corrected chi connectivity index (χ4v) is 4.63. The first-order chi connectivity index (χ1) is 16.0. The van der Waals surface area contributed by atoms with Gasteiger partial charge in [0.1, 0.15) is 6.61 Å². The molecule has 1 aliphatic heterocycles. The van der Waals surface area contributed by atoms with Gasteiger partial charge in [-0.25, -0.2) is 0 Å². The quantitative estimate of drug-likeness (QED) is 0.302. The van der Waals surface area contributed by atoms with E-state index in [1.807, 2.05) is 31.2 Å². The average molecular weight is 478 g/mol. The fourth-order valence-electron chi connectivity index (χ4n) is 3.52. The van der Waals surface area contributed by atoms with Gasteiger partial charge in [-0.3, -0.25) is 14.5 Å². The highest BCUT2D eigenvalue weighted by atomic mass is 35.5. The number of terminal acetylenes is 1. The summed E-state index contributed by atoms with van der Waals surface area (Å²) < 4.78 is 11.9. The molecule has 0 atom stereocenters. The van der Waals surface area contributed by atoms with Crippen molar-refractivity contribution in [3.05, 3.63) is 75.7 Å². The topological polar surface area (TPSA) is 55.8 Å². The molecule has 0 spiro atoms. The van der Waals surface area contributed by atoms with Gasteiger partial charge < -0.3 is 9.47 Å². The van der Waals surface area contributed by atoms with E-state index in [1.54, 1.807) is 18.2 Å². The van der Waals surface area contributed by atoms with Gasteiger partial charge in [-0.15, -0.1) is 6.42 Å². The maximum atomic E-state index is 12.5. The molecule has 3 aromatic rings. The number of carbonyl (C=O) groups is 2. The first kappa shape index (κ1) is 22.8. The van der Waals surface area contributed by atoms with E-state index < -0.39 is 11.1 Å². The molecule has 1 saturated heterocycles. The number of benzene rings is 3. The number of hydrogen-bond acceptors (Lipinski definition) is 5. The summed E-state index contributed by atoms with van der Waals surface area (Å²) >= 11 is 7.40. The standard InChI is InChI=1S/C26H20ClNO4S/c1-3-12-28-25(29)23(33-26(28)30)15-17-13-21(27)24(22(14-17)31-4-2)32-16-19-10-7-9-18-8-5-6-11-20(18)19/h1,5-11,13-15H,4,12,16H2,2H3/b23-15+. The number of amides is 2. The van der Waals surface area contributed by atoms with Crippen LogP contribution in [0, 0.1) is 12.3 Å². The first-order valence-corrected chi connectivity index (χ1v) is 11.5. The van der Waals surface area contributed by atoms with Gasteiger partial charge in [-0.05, 0) is 58.8 Å². The maximum absolute atomic E-state index is 12.5. The minimum absolute atomic E-state index is 0.0616. The highest BCUT2D eigenvalue weighted by Crippen LogP contribution is 2.39. The summed E-state index contributed by atoms with van der Waals surface area (Å²) in [6.45, 7) is 2.52. The second kappa shape index (κ2) is 10.0. The van der Waals surface area contributed by atoms with Crippen molar-refractivity contribution in [2.24, 2.45) is 0 Å².